The number of methoxy groups -OCH3 is 1. The fourth-order valence-electron chi connectivity index (χ4n) is 3.64. The van der Waals surface area contributed by atoms with Gasteiger partial charge >= 0.3 is 6.61 Å². The van der Waals surface area contributed by atoms with Crippen molar-refractivity contribution >= 4 is 17.5 Å². The molecule has 2 aliphatic rings. The van der Waals surface area contributed by atoms with E-state index in [0.717, 1.165) is 12.8 Å². The maximum atomic E-state index is 13.2. The molecule has 0 spiro atoms. The van der Waals surface area contributed by atoms with Gasteiger partial charge in [-0.15, -0.1) is 0 Å². The second-order valence-electron chi connectivity index (χ2n) is 7.27. The van der Waals surface area contributed by atoms with Crippen molar-refractivity contribution in [3.63, 3.8) is 0 Å². The molecule has 0 bridgehead atoms. The number of ether oxygens (including phenoxy) is 2. The summed E-state index contributed by atoms with van der Waals surface area (Å²) in [5, 5.41) is 3.73. The zero-order chi connectivity index (χ0) is 21.4. The fraction of sp³-hybridized carbons (Fsp3) is 0.450. The summed E-state index contributed by atoms with van der Waals surface area (Å²) in [6.07, 6.45) is 1.82. The summed E-state index contributed by atoms with van der Waals surface area (Å²) in [6.45, 7) is -1.31. The molecule has 1 aromatic heterocycles. The van der Waals surface area contributed by atoms with Crippen molar-refractivity contribution in [1.29, 1.82) is 0 Å². The molecule has 0 unspecified atom stereocenters. The Morgan fingerprint density at radius 3 is 2.70 bits per heavy atom. The predicted molar refractivity (Wildman–Crippen MR) is 101 cm³/mol. The molecule has 1 aliphatic heterocycles. The smallest absolute Gasteiger partial charge is 0.387 e. The number of aromatic nitrogens is 1. The normalized spacial score (nSPS) is 16.9. The number of benzene rings is 1. The lowest BCUT2D eigenvalue weighted by Crippen LogP contribution is -2.41. The molecule has 1 aromatic carbocycles. The Morgan fingerprint density at radius 2 is 2.10 bits per heavy atom. The van der Waals surface area contributed by atoms with E-state index >= 15 is 0 Å². The van der Waals surface area contributed by atoms with Gasteiger partial charge in [0.1, 0.15) is 0 Å². The quantitative estimate of drug-likeness (QED) is 0.738. The first-order valence-electron chi connectivity index (χ1n) is 9.58. The summed E-state index contributed by atoms with van der Waals surface area (Å²) in [6, 6.07) is 4.62. The predicted octanol–water partition coefficient (Wildman–Crippen LogP) is 3.13. The van der Waals surface area contributed by atoms with Gasteiger partial charge in [0.15, 0.2) is 11.5 Å². The van der Waals surface area contributed by atoms with Crippen LogP contribution in [-0.2, 0) is 11.3 Å². The van der Waals surface area contributed by atoms with Crippen LogP contribution in [0.3, 0.4) is 0 Å². The highest BCUT2D eigenvalue weighted by Crippen LogP contribution is 2.42. The second kappa shape index (κ2) is 7.92. The van der Waals surface area contributed by atoms with Crippen LogP contribution in [0.1, 0.15) is 41.1 Å². The van der Waals surface area contributed by atoms with Gasteiger partial charge in [0.2, 0.25) is 11.7 Å². The molecular formula is C20H21F2N3O5. The first kappa shape index (κ1) is 20.1. The van der Waals surface area contributed by atoms with Crippen LogP contribution in [0, 0.1) is 6.92 Å². The summed E-state index contributed by atoms with van der Waals surface area (Å²) < 4.78 is 41.5. The molecule has 10 heteroatoms. The number of rotatable bonds is 5. The highest BCUT2D eigenvalue weighted by Gasteiger charge is 2.38. The van der Waals surface area contributed by atoms with E-state index in [1.165, 1.54) is 24.1 Å². The third-order valence-electron chi connectivity index (χ3n) is 5.19. The number of hydrogen-bond acceptors (Lipinski definition) is 6. The van der Waals surface area contributed by atoms with Crippen molar-refractivity contribution in [1.82, 2.24) is 10.1 Å². The largest absolute Gasteiger partial charge is 0.493 e. The Morgan fingerprint density at radius 1 is 1.33 bits per heavy atom. The number of carbonyl (C=O) groups excluding carboxylic acids is 2. The number of carbonyl (C=O) groups is 2. The number of nitrogens with zero attached hydrogens (tertiary/aromatic N) is 3. The minimum absolute atomic E-state index is 0.00216. The van der Waals surface area contributed by atoms with Crippen molar-refractivity contribution in [3.05, 3.63) is 35.2 Å². The number of halogens is 2. The van der Waals surface area contributed by atoms with Crippen molar-refractivity contribution in [2.75, 3.05) is 18.6 Å². The molecule has 2 heterocycles. The van der Waals surface area contributed by atoms with Crippen molar-refractivity contribution in [3.8, 4) is 11.5 Å². The molecule has 2 aromatic rings. The zero-order valence-electron chi connectivity index (χ0n) is 16.6. The summed E-state index contributed by atoms with van der Waals surface area (Å²) in [5.74, 6) is -0.756. The van der Waals surface area contributed by atoms with Crippen LogP contribution < -0.4 is 14.4 Å². The van der Waals surface area contributed by atoms with E-state index in [1.807, 2.05) is 0 Å². The molecule has 0 N–H and O–H groups in total. The van der Waals surface area contributed by atoms with Crippen LogP contribution in [0.5, 0.6) is 11.5 Å². The molecule has 8 nitrogen and oxygen atoms in total. The SMILES string of the molecule is COc1ccc2c(c1OC(F)F)CN(C1CC1)C(=O)CCN2C(=O)c1cc(C)no1. The monoisotopic (exact) mass is 421 g/mol. The Labute approximate surface area is 171 Å². The first-order chi connectivity index (χ1) is 14.4. The van der Waals surface area contributed by atoms with Gasteiger partial charge in [-0.1, -0.05) is 5.16 Å². The molecule has 0 radical (unpaired) electrons. The van der Waals surface area contributed by atoms with E-state index in [0.29, 0.717) is 16.9 Å². The third kappa shape index (κ3) is 3.81. The Hall–Kier alpha value is -3.17. The van der Waals surface area contributed by atoms with E-state index in [9.17, 15) is 18.4 Å². The number of anilines is 1. The van der Waals surface area contributed by atoms with Crippen molar-refractivity contribution in [2.24, 2.45) is 0 Å². The number of hydrogen-bond donors (Lipinski definition) is 0. The Bertz CT molecular complexity index is 973. The Kier molecular flexibility index (Phi) is 5.31. The van der Waals surface area contributed by atoms with Crippen LogP contribution >= 0.6 is 0 Å². The van der Waals surface area contributed by atoms with E-state index in [2.05, 4.69) is 5.16 Å². The van der Waals surface area contributed by atoms with Gasteiger partial charge in [0, 0.05) is 30.6 Å². The fourth-order valence-corrected chi connectivity index (χ4v) is 3.64. The molecule has 1 fully saturated rings. The summed E-state index contributed by atoms with van der Waals surface area (Å²) >= 11 is 0. The van der Waals surface area contributed by atoms with Gasteiger partial charge < -0.3 is 23.8 Å². The molecule has 4 rings (SSSR count). The minimum Gasteiger partial charge on any atom is -0.493 e. The molecule has 1 aliphatic carbocycles. The highest BCUT2D eigenvalue weighted by molar-refractivity contribution is 6.05. The van der Waals surface area contributed by atoms with Gasteiger partial charge in [0.25, 0.3) is 5.91 Å². The van der Waals surface area contributed by atoms with Crippen LogP contribution in [0.4, 0.5) is 14.5 Å². The van der Waals surface area contributed by atoms with Crippen LogP contribution in [0.2, 0.25) is 0 Å². The molecule has 2 amide bonds. The van der Waals surface area contributed by atoms with Crippen molar-refractivity contribution in [2.45, 2.75) is 45.4 Å². The van der Waals surface area contributed by atoms with Gasteiger partial charge in [-0.25, -0.2) is 0 Å². The lowest BCUT2D eigenvalue weighted by Gasteiger charge is -2.33. The Balaban J connectivity index is 1.84. The van der Waals surface area contributed by atoms with Gasteiger partial charge in [-0.05, 0) is 31.9 Å². The summed E-state index contributed by atoms with van der Waals surface area (Å²) in [7, 11) is 1.34. The van der Waals surface area contributed by atoms with Gasteiger partial charge in [-0.2, -0.15) is 8.78 Å². The van der Waals surface area contributed by atoms with E-state index in [1.54, 1.807) is 17.9 Å². The topological polar surface area (TPSA) is 85.1 Å². The number of aryl methyl sites for hydroxylation is 1. The molecule has 0 saturated heterocycles. The highest BCUT2D eigenvalue weighted by atomic mass is 19.3. The van der Waals surface area contributed by atoms with E-state index in [-0.39, 0.29) is 48.7 Å². The molecule has 0 atom stereocenters. The van der Waals surface area contributed by atoms with Crippen LogP contribution in [-0.4, -0.2) is 48.2 Å². The molecule has 30 heavy (non-hydrogen) atoms. The summed E-state index contributed by atoms with van der Waals surface area (Å²) in [4.78, 5) is 28.9. The van der Waals surface area contributed by atoms with Crippen LogP contribution in [0.25, 0.3) is 0 Å². The molecule has 160 valence electrons. The first-order valence-corrected chi connectivity index (χ1v) is 9.58. The van der Waals surface area contributed by atoms with Gasteiger partial charge in [0.05, 0.1) is 25.0 Å². The number of alkyl halides is 2. The standard InChI is InChI=1S/C20H21F2N3O5/c1-11-9-16(30-23-11)19(27)24-8-7-17(26)25(12-3-4-12)10-13-14(24)5-6-15(28-2)18(13)29-20(21)22/h5-6,9,12,20H,3-4,7-8,10H2,1-2H3. The number of fused-ring (bicyclic) bond motifs is 1. The average Bonchev–Trinajstić information content (AvgIpc) is 3.44. The van der Waals surface area contributed by atoms with E-state index < -0.39 is 12.5 Å². The summed E-state index contributed by atoms with van der Waals surface area (Å²) in [5.41, 5.74) is 1.18. The second-order valence-corrected chi connectivity index (χ2v) is 7.27. The maximum absolute atomic E-state index is 13.2. The number of amides is 2. The average molecular weight is 421 g/mol. The molecular weight excluding hydrogens is 400 g/mol. The third-order valence-corrected chi connectivity index (χ3v) is 5.19. The van der Waals surface area contributed by atoms with Crippen LogP contribution in [0.15, 0.2) is 22.7 Å². The minimum atomic E-state index is -3.10. The van der Waals surface area contributed by atoms with E-state index in [4.69, 9.17) is 14.0 Å². The maximum Gasteiger partial charge on any atom is 0.387 e. The van der Waals surface area contributed by atoms with Gasteiger partial charge in [-0.3, -0.25) is 9.59 Å². The molecule has 1 saturated carbocycles. The zero-order valence-corrected chi connectivity index (χ0v) is 16.6. The lowest BCUT2D eigenvalue weighted by atomic mass is 10.1. The van der Waals surface area contributed by atoms with Crippen molar-refractivity contribution < 1.29 is 32.4 Å². The lowest BCUT2D eigenvalue weighted by molar-refractivity contribution is -0.132.